The summed E-state index contributed by atoms with van der Waals surface area (Å²) >= 11 is 0. The van der Waals surface area contributed by atoms with Gasteiger partial charge in [0.1, 0.15) is 35.9 Å². The molecule has 0 unspecified atom stereocenters. The van der Waals surface area contributed by atoms with E-state index in [4.69, 9.17) is 32.5 Å². The lowest BCUT2D eigenvalue weighted by atomic mass is 9.96. The molecule has 2 fully saturated rings. The summed E-state index contributed by atoms with van der Waals surface area (Å²) < 4.78 is 54.9. The summed E-state index contributed by atoms with van der Waals surface area (Å²) in [5.41, 5.74) is 10.1. The van der Waals surface area contributed by atoms with Crippen molar-refractivity contribution in [3.05, 3.63) is 107 Å². The topological polar surface area (TPSA) is 148 Å². The van der Waals surface area contributed by atoms with Crippen molar-refractivity contribution >= 4 is 13.8 Å². The number of esters is 1. The molecule has 0 aliphatic carbocycles. The van der Waals surface area contributed by atoms with E-state index in [9.17, 15) is 14.9 Å². The molecule has 5 rings (SSSR count). The van der Waals surface area contributed by atoms with Crippen molar-refractivity contribution in [2.24, 2.45) is 5.11 Å². The van der Waals surface area contributed by atoms with Crippen molar-refractivity contribution in [2.45, 2.75) is 43.9 Å². The lowest BCUT2D eigenvalue weighted by Crippen LogP contribution is -2.62. The number of hydrogen-bond acceptors (Lipinski definition) is 10. The fourth-order valence-electron chi connectivity index (χ4n) is 4.34. The zero-order valence-electron chi connectivity index (χ0n) is 21.3. The molecule has 3 aromatic carbocycles. The van der Waals surface area contributed by atoms with Crippen LogP contribution in [0.5, 0.6) is 11.5 Å². The quantitative estimate of drug-likeness (QED) is 0.104. The zero-order chi connectivity index (χ0) is 28.0. The van der Waals surface area contributed by atoms with Crippen LogP contribution in [-0.2, 0) is 32.8 Å². The minimum absolute atomic E-state index is 0.00816. The first-order valence-electron chi connectivity index (χ1n) is 12.4. The van der Waals surface area contributed by atoms with Crippen molar-refractivity contribution in [2.75, 3.05) is 6.61 Å². The molecule has 12 nitrogen and oxygen atoms in total. The molecule has 0 bridgehead atoms. The molecular weight excluding hydrogens is 541 g/mol. The summed E-state index contributed by atoms with van der Waals surface area (Å²) in [6.07, 6.45) is -5.24. The highest BCUT2D eigenvalue weighted by atomic mass is 31.2. The number of carbonyl (C=O) groups is 1. The van der Waals surface area contributed by atoms with E-state index < -0.39 is 50.7 Å². The second-order valence-electron chi connectivity index (χ2n) is 8.85. The fourth-order valence-corrected chi connectivity index (χ4v) is 5.66. The third kappa shape index (κ3) is 6.63. The van der Waals surface area contributed by atoms with E-state index in [2.05, 4.69) is 10.0 Å². The summed E-state index contributed by atoms with van der Waals surface area (Å²) in [6.45, 7) is 1.22. The lowest BCUT2D eigenvalue weighted by molar-refractivity contribution is -0.333. The smallest absolute Gasteiger partial charge is 0.459 e. The minimum Gasteiger partial charge on any atom is -0.459 e. The highest BCUT2D eigenvalue weighted by molar-refractivity contribution is 7.49. The van der Waals surface area contributed by atoms with Gasteiger partial charge in [-0.05, 0) is 29.8 Å². The summed E-state index contributed by atoms with van der Waals surface area (Å²) in [7, 11) is -4.49. The number of nitrogens with zero attached hydrogens (tertiary/aromatic N) is 3. The predicted octanol–water partition coefficient (Wildman–Crippen LogP) is 5.72. The van der Waals surface area contributed by atoms with E-state index in [1.807, 2.05) is 30.3 Å². The Balaban J connectivity index is 1.45. The fraction of sp³-hybridized carbons (Fsp3) is 0.296. The monoisotopic (exact) mass is 567 g/mol. The number of carbonyl (C=O) groups excluding carboxylic acids is 1. The van der Waals surface area contributed by atoms with Gasteiger partial charge in [0, 0.05) is 17.4 Å². The number of benzene rings is 3. The van der Waals surface area contributed by atoms with Crippen LogP contribution in [0.15, 0.2) is 96.1 Å². The average Bonchev–Trinajstić information content (AvgIpc) is 2.96. The van der Waals surface area contributed by atoms with Crippen LogP contribution >= 0.6 is 7.82 Å². The van der Waals surface area contributed by atoms with Gasteiger partial charge in [0.05, 0.1) is 6.61 Å². The normalized spacial score (nSPS) is 26.0. The van der Waals surface area contributed by atoms with Crippen LogP contribution in [-0.4, -0.2) is 43.2 Å². The van der Waals surface area contributed by atoms with E-state index in [0.717, 1.165) is 5.56 Å². The molecule has 40 heavy (non-hydrogen) atoms. The second-order valence-corrected chi connectivity index (χ2v) is 10.3. The molecular formula is C27H26N3O9P. The van der Waals surface area contributed by atoms with E-state index in [1.165, 1.54) is 6.92 Å². The number of phosphoric acid groups is 1. The summed E-state index contributed by atoms with van der Waals surface area (Å²) in [5, 5.41) is 3.79. The molecule has 13 heteroatoms. The molecule has 6 atom stereocenters. The summed E-state index contributed by atoms with van der Waals surface area (Å²) in [4.78, 5) is 15.0. The number of ether oxygens (including phenoxy) is 4. The first-order chi connectivity index (χ1) is 19.4. The van der Waals surface area contributed by atoms with Crippen LogP contribution in [0.4, 0.5) is 0 Å². The van der Waals surface area contributed by atoms with Gasteiger partial charge >= 0.3 is 13.8 Å². The van der Waals surface area contributed by atoms with Gasteiger partial charge in [-0.1, -0.05) is 71.8 Å². The van der Waals surface area contributed by atoms with Gasteiger partial charge in [-0.2, -0.15) is 0 Å². The molecule has 0 aromatic heterocycles. The SMILES string of the molecule is CC(=O)O[C@@H]1[C@@H](N=[N+]=[N-])[C@@H](OP(=O)(Oc2ccccc2)Oc2ccccc2)O[C@@H]2CO[C@@H](c3ccccc3)O[C@H]12. The molecule has 2 aliphatic rings. The number of azide groups is 1. The van der Waals surface area contributed by atoms with Crippen molar-refractivity contribution < 1.29 is 41.9 Å². The first-order valence-corrected chi connectivity index (χ1v) is 13.9. The van der Waals surface area contributed by atoms with Gasteiger partial charge in [-0.15, -0.1) is 0 Å². The van der Waals surface area contributed by atoms with E-state index in [1.54, 1.807) is 60.7 Å². The van der Waals surface area contributed by atoms with Gasteiger partial charge in [-0.25, -0.2) is 9.09 Å². The summed E-state index contributed by atoms with van der Waals surface area (Å²) in [5.74, 6) is -0.261. The Kier molecular flexibility index (Phi) is 8.66. The van der Waals surface area contributed by atoms with Crippen molar-refractivity contribution in [3.63, 3.8) is 0 Å². The first kappa shape index (κ1) is 27.7. The molecule has 0 N–H and O–H groups in total. The Morgan fingerprint density at radius 1 is 0.925 bits per heavy atom. The summed E-state index contributed by atoms with van der Waals surface area (Å²) in [6, 6.07) is 24.4. The van der Waals surface area contributed by atoms with Crippen LogP contribution < -0.4 is 9.05 Å². The van der Waals surface area contributed by atoms with Crippen LogP contribution in [0.2, 0.25) is 0 Å². The number of rotatable bonds is 9. The van der Waals surface area contributed by atoms with Gasteiger partial charge in [0.25, 0.3) is 0 Å². The Hall–Kier alpha value is -3.89. The molecule has 0 amide bonds. The number of fused-ring (bicyclic) bond motifs is 1. The van der Waals surface area contributed by atoms with Crippen LogP contribution in [0.1, 0.15) is 18.8 Å². The van der Waals surface area contributed by atoms with Crippen LogP contribution in [0, 0.1) is 0 Å². The Bertz CT molecular complexity index is 1330. The van der Waals surface area contributed by atoms with Crippen LogP contribution in [0.3, 0.4) is 0 Å². The maximum absolute atomic E-state index is 14.0. The van der Waals surface area contributed by atoms with Gasteiger partial charge in [0.15, 0.2) is 12.6 Å². The molecule has 2 saturated heterocycles. The third-order valence-corrected chi connectivity index (χ3v) is 7.35. The largest absolute Gasteiger partial charge is 0.589 e. The highest BCUT2D eigenvalue weighted by Crippen LogP contribution is 2.52. The van der Waals surface area contributed by atoms with Crippen molar-refractivity contribution in [1.82, 2.24) is 0 Å². The number of para-hydroxylation sites is 2. The standard InChI is InChI=1S/C27H26N3O9P/c1-18(31)34-25-23(29-30-28)27(35-22-17-33-26(36-24(22)25)19-11-5-2-6-12-19)39-40(32,37-20-13-7-3-8-14-20)38-21-15-9-4-10-16-21/h2-16,22-27H,17H2,1H3/t22-,23-,24+,25-,26-,27-/m1/s1. The molecule has 0 saturated carbocycles. The Morgan fingerprint density at radius 2 is 1.50 bits per heavy atom. The van der Waals surface area contributed by atoms with Crippen molar-refractivity contribution in [3.8, 4) is 11.5 Å². The molecule has 208 valence electrons. The molecule has 0 spiro atoms. The highest BCUT2D eigenvalue weighted by Gasteiger charge is 2.54. The third-order valence-electron chi connectivity index (χ3n) is 6.02. The second kappa shape index (κ2) is 12.5. The molecule has 3 aromatic rings. The molecule has 2 heterocycles. The maximum Gasteiger partial charge on any atom is 0.589 e. The predicted molar refractivity (Wildman–Crippen MR) is 140 cm³/mol. The molecule has 0 radical (unpaired) electrons. The van der Waals surface area contributed by atoms with E-state index >= 15 is 0 Å². The van der Waals surface area contributed by atoms with Gasteiger partial charge < -0.3 is 28.0 Å². The van der Waals surface area contributed by atoms with E-state index in [0.29, 0.717) is 0 Å². The number of phosphoric ester groups is 1. The zero-order valence-corrected chi connectivity index (χ0v) is 22.2. The minimum atomic E-state index is -4.49. The number of hydrogen-bond donors (Lipinski definition) is 0. The maximum atomic E-state index is 14.0. The van der Waals surface area contributed by atoms with Crippen molar-refractivity contribution in [1.29, 1.82) is 0 Å². The average molecular weight is 567 g/mol. The van der Waals surface area contributed by atoms with E-state index in [-0.39, 0.29) is 18.1 Å². The van der Waals surface area contributed by atoms with Gasteiger partial charge in [-0.3, -0.25) is 4.79 Å². The van der Waals surface area contributed by atoms with Gasteiger partial charge in [0.2, 0.25) is 0 Å². The molecule has 2 aliphatic heterocycles. The lowest BCUT2D eigenvalue weighted by Gasteiger charge is -2.47. The Morgan fingerprint density at radius 3 is 2.05 bits per heavy atom. The van der Waals surface area contributed by atoms with Crippen LogP contribution in [0.25, 0.3) is 10.4 Å². The Labute approximate surface area is 229 Å².